The second kappa shape index (κ2) is 7.61. The number of ether oxygens (including phenoxy) is 1. The molecule has 0 aliphatic rings. The second-order valence-corrected chi connectivity index (χ2v) is 8.40. The Hall–Kier alpha value is -2.16. The van der Waals surface area contributed by atoms with Gasteiger partial charge < -0.3 is 4.74 Å². The van der Waals surface area contributed by atoms with Crippen molar-refractivity contribution >= 4 is 31.6 Å². The first-order valence-corrected chi connectivity index (χ1v) is 10.6. The minimum absolute atomic E-state index is 0.0839. The average molecular weight is 393 g/mol. The monoisotopic (exact) mass is 392 g/mol. The fourth-order valence-corrected chi connectivity index (χ4v) is 4.76. The Morgan fingerprint density at radius 3 is 2.50 bits per heavy atom. The summed E-state index contributed by atoms with van der Waals surface area (Å²) in [5.74, 6) is 0.750. The molecule has 1 N–H and O–H groups in total. The zero-order chi connectivity index (χ0) is 18.7. The summed E-state index contributed by atoms with van der Waals surface area (Å²) in [6.45, 7) is 5.11. The van der Waals surface area contributed by atoms with E-state index in [1.807, 2.05) is 38.1 Å². The molecule has 0 atom stereocenters. The highest BCUT2D eigenvalue weighted by atomic mass is 32.2. The van der Waals surface area contributed by atoms with Gasteiger partial charge in [-0.2, -0.15) is 0 Å². The molecule has 0 aliphatic heterocycles. The van der Waals surface area contributed by atoms with E-state index in [1.54, 1.807) is 16.7 Å². The molecule has 0 spiro atoms. The van der Waals surface area contributed by atoms with Crippen molar-refractivity contribution in [1.82, 2.24) is 9.29 Å². The van der Waals surface area contributed by atoms with E-state index in [4.69, 9.17) is 4.74 Å². The SMILES string of the molecule is CCOc1ccc(CNS(=O)(=O)c2ccc3c(c2)sc(=O)n3CC)cc1. The molecule has 0 unspecified atom stereocenters. The number of hydrogen-bond acceptors (Lipinski definition) is 5. The summed E-state index contributed by atoms with van der Waals surface area (Å²) in [6, 6.07) is 12.0. The van der Waals surface area contributed by atoms with E-state index in [0.717, 1.165) is 28.2 Å². The minimum Gasteiger partial charge on any atom is -0.494 e. The number of fused-ring (bicyclic) bond motifs is 1. The lowest BCUT2D eigenvalue weighted by molar-refractivity contribution is 0.340. The molecule has 0 bridgehead atoms. The average Bonchev–Trinajstić information content (AvgIpc) is 2.95. The van der Waals surface area contributed by atoms with Gasteiger partial charge in [0.05, 0.1) is 21.7 Å². The van der Waals surface area contributed by atoms with Crippen molar-refractivity contribution in [3.63, 3.8) is 0 Å². The van der Waals surface area contributed by atoms with Crippen LogP contribution in [-0.2, 0) is 23.1 Å². The number of nitrogens with zero attached hydrogens (tertiary/aromatic N) is 1. The summed E-state index contributed by atoms with van der Waals surface area (Å²) in [6.07, 6.45) is 0. The van der Waals surface area contributed by atoms with Gasteiger partial charge >= 0.3 is 4.87 Å². The third-order valence-corrected chi connectivity index (χ3v) is 6.31. The van der Waals surface area contributed by atoms with Gasteiger partial charge in [-0.15, -0.1) is 0 Å². The normalized spacial score (nSPS) is 11.8. The number of sulfonamides is 1. The van der Waals surface area contributed by atoms with Gasteiger partial charge in [0.2, 0.25) is 10.0 Å². The second-order valence-electron chi connectivity index (χ2n) is 5.64. The molecule has 2 aromatic carbocycles. The van der Waals surface area contributed by atoms with Gasteiger partial charge in [0.25, 0.3) is 0 Å². The van der Waals surface area contributed by atoms with E-state index >= 15 is 0 Å². The molecule has 0 saturated carbocycles. The number of benzene rings is 2. The lowest BCUT2D eigenvalue weighted by Gasteiger charge is -2.08. The molecule has 3 rings (SSSR count). The predicted molar refractivity (Wildman–Crippen MR) is 103 cm³/mol. The summed E-state index contributed by atoms with van der Waals surface area (Å²) in [7, 11) is -3.67. The molecule has 3 aromatic rings. The highest BCUT2D eigenvalue weighted by Gasteiger charge is 2.16. The van der Waals surface area contributed by atoms with Crippen LogP contribution in [0.1, 0.15) is 19.4 Å². The van der Waals surface area contributed by atoms with Crippen LogP contribution in [0.25, 0.3) is 10.2 Å². The van der Waals surface area contributed by atoms with Crippen LogP contribution in [0.15, 0.2) is 52.2 Å². The molecule has 0 fully saturated rings. The highest BCUT2D eigenvalue weighted by Crippen LogP contribution is 2.22. The summed E-state index contributed by atoms with van der Waals surface area (Å²) >= 11 is 1.06. The summed E-state index contributed by atoms with van der Waals surface area (Å²) in [5, 5.41) is 0. The minimum atomic E-state index is -3.67. The third kappa shape index (κ3) is 3.82. The van der Waals surface area contributed by atoms with Crippen LogP contribution in [-0.4, -0.2) is 19.6 Å². The van der Waals surface area contributed by atoms with Crippen molar-refractivity contribution in [3.05, 3.63) is 57.7 Å². The maximum atomic E-state index is 12.6. The molecule has 0 aliphatic carbocycles. The van der Waals surface area contributed by atoms with Crippen LogP contribution in [0.5, 0.6) is 5.75 Å². The standard InChI is InChI=1S/C18H20N2O4S2/c1-3-20-16-10-9-15(11-17(16)25-18(20)21)26(22,23)19-12-13-5-7-14(8-6-13)24-4-2/h5-11,19H,3-4,12H2,1-2H3. The summed E-state index contributed by atoms with van der Waals surface area (Å²) < 4.78 is 35.4. The van der Waals surface area contributed by atoms with E-state index in [1.165, 1.54) is 6.07 Å². The quantitative estimate of drug-likeness (QED) is 0.671. The van der Waals surface area contributed by atoms with Gasteiger partial charge in [-0.3, -0.25) is 9.36 Å². The summed E-state index contributed by atoms with van der Waals surface area (Å²) in [4.78, 5) is 12.0. The molecule has 1 heterocycles. The number of aryl methyl sites for hydroxylation is 1. The van der Waals surface area contributed by atoms with Crippen molar-refractivity contribution in [2.45, 2.75) is 31.8 Å². The van der Waals surface area contributed by atoms with Crippen LogP contribution < -0.4 is 14.3 Å². The molecule has 0 saturated heterocycles. The topological polar surface area (TPSA) is 77.4 Å². The smallest absolute Gasteiger partial charge is 0.308 e. The Morgan fingerprint density at radius 2 is 1.85 bits per heavy atom. The van der Waals surface area contributed by atoms with Gasteiger partial charge in [-0.05, 0) is 49.7 Å². The van der Waals surface area contributed by atoms with E-state index in [-0.39, 0.29) is 16.3 Å². The number of aromatic nitrogens is 1. The molecule has 26 heavy (non-hydrogen) atoms. The highest BCUT2D eigenvalue weighted by molar-refractivity contribution is 7.89. The Balaban J connectivity index is 1.79. The molecule has 8 heteroatoms. The molecular formula is C18H20N2O4S2. The van der Waals surface area contributed by atoms with E-state index < -0.39 is 10.0 Å². The Labute approximate surface area is 156 Å². The lowest BCUT2D eigenvalue weighted by Crippen LogP contribution is -2.23. The number of nitrogens with one attached hydrogen (secondary N) is 1. The Morgan fingerprint density at radius 1 is 1.12 bits per heavy atom. The van der Waals surface area contributed by atoms with Crippen molar-refractivity contribution in [2.24, 2.45) is 0 Å². The van der Waals surface area contributed by atoms with Gasteiger partial charge in [0, 0.05) is 13.1 Å². The first kappa shape index (κ1) is 18.6. The van der Waals surface area contributed by atoms with E-state index in [2.05, 4.69) is 4.72 Å². The van der Waals surface area contributed by atoms with Crippen molar-refractivity contribution in [1.29, 1.82) is 0 Å². The van der Waals surface area contributed by atoms with Gasteiger partial charge in [0.15, 0.2) is 0 Å². The Bertz CT molecular complexity index is 1070. The fraction of sp³-hybridized carbons (Fsp3) is 0.278. The van der Waals surface area contributed by atoms with Crippen LogP contribution >= 0.6 is 11.3 Å². The number of hydrogen-bond donors (Lipinski definition) is 1. The molecule has 1 aromatic heterocycles. The summed E-state index contributed by atoms with van der Waals surface area (Å²) in [5.41, 5.74) is 1.59. The van der Waals surface area contributed by atoms with Gasteiger partial charge in [-0.1, -0.05) is 23.5 Å². The first-order valence-electron chi connectivity index (χ1n) is 8.29. The van der Waals surface area contributed by atoms with E-state index in [0.29, 0.717) is 17.9 Å². The van der Waals surface area contributed by atoms with E-state index in [9.17, 15) is 13.2 Å². The van der Waals surface area contributed by atoms with Gasteiger partial charge in [-0.25, -0.2) is 13.1 Å². The number of rotatable bonds is 7. The van der Waals surface area contributed by atoms with Gasteiger partial charge in [0.1, 0.15) is 5.75 Å². The lowest BCUT2D eigenvalue weighted by atomic mass is 10.2. The predicted octanol–water partition coefficient (Wildman–Crippen LogP) is 2.96. The maximum absolute atomic E-state index is 12.6. The largest absolute Gasteiger partial charge is 0.494 e. The molecule has 0 radical (unpaired) electrons. The zero-order valence-corrected chi connectivity index (χ0v) is 16.2. The van der Waals surface area contributed by atoms with Crippen LogP contribution in [0, 0.1) is 0 Å². The molecule has 6 nitrogen and oxygen atoms in total. The van der Waals surface area contributed by atoms with Crippen molar-refractivity contribution in [3.8, 4) is 5.75 Å². The molecule has 138 valence electrons. The zero-order valence-electron chi connectivity index (χ0n) is 14.6. The van der Waals surface area contributed by atoms with Crippen LogP contribution in [0.3, 0.4) is 0 Å². The molecule has 0 amide bonds. The van der Waals surface area contributed by atoms with Crippen molar-refractivity contribution in [2.75, 3.05) is 6.61 Å². The van der Waals surface area contributed by atoms with Crippen LogP contribution in [0.2, 0.25) is 0 Å². The first-order chi connectivity index (χ1) is 12.4. The number of thiazole rings is 1. The molecular weight excluding hydrogens is 372 g/mol. The maximum Gasteiger partial charge on any atom is 0.308 e. The third-order valence-electron chi connectivity index (χ3n) is 3.97. The van der Waals surface area contributed by atoms with Crippen LogP contribution in [0.4, 0.5) is 0 Å². The Kier molecular flexibility index (Phi) is 5.45. The van der Waals surface area contributed by atoms with Crippen molar-refractivity contribution < 1.29 is 13.2 Å². The fourth-order valence-electron chi connectivity index (χ4n) is 2.65.